The smallest absolute Gasteiger partial charge is 0.352 e. The molecular weight excluding hydrogens is 282 g/mol. The van der Waals surface area contributed by atoms with Crippen LogP contribution in [0.4, 0.5) is 0 Å². The first kappa shape index (κ1) is 15.4. The monoisotopic (exact) mass is 297 g/mol. The summed E-state index contributed by atoms with van der Waals surface area (Å²) in [6, 6.07) is 8.41. The molecule has 22 heavy (non-hydrogen) atoms. The predicted octanol–water partition coefficient (Wildman–Crippen LogP) is 1.95. The predicted molar refractivity (Wildman–Crippen MR) is 81.0 cm³/mol. The molecule has 2 aromatic rings. The van der Waals surface area contributed by atoms with Crippen LogP contribution in [0.5, 0.6) is 0 Å². The number of hydrogen-bond acceptors (Lipinski definition) is 4. The molecule has 0 spiro atoms. The second kappa shape index (κ2) is 6.62. The number of hydrogen-bond donors (Lipinski definition) is 2. The number of aliphatic carboxylic acids is 1. The van der Waals surface area contributed by atoms with Gasteiger partial charge in [0.1, 0.15) is 12.0 Å². The summed E-state index contributed by atoms with van der Waals surface area (Å²) in [5.74, 6) is -1.71. The zero-order valence-corrected chi connectivity index (χ0v) is 12.2. The van der Waals surface area contributed by atoms with E-state index in [9.17, 15) is 14.7 Å². The highest BCUT2D eigenvalue weighted by atomic mass is 16.4. The van der Waals surface area contributed by atoms with E-state index in [1.54, 1.807) is 44.2 Å². The van der Waals surface area contributed by atoms with Crippen LogP contribution < -0.4 is 5.32 Å². The summed E-state index contributed by atoms with van der Waals surface area (Å²) >= 11 is 0. The van der Waals surface area contributed by atoms with Gasteiger partial charge in [-0.1, -0.05) is 18.2 Å². The first-order chi connectivity index (χ1) is 10.5. The molecule has 6 heteroatoms. The van der Waals surface area contributed by atoms with Gasteiger partial charge >= 0.3 is 5.97 Å². The summed E-state index contributed by atoms with van der Waals surface area (Å²) in [7, 11) is 0. The topological polar surface area (TPSA) is 92.2 Å². The van der Waals surface area contributed by atoms with E-state index in [1.165, 1.54) is 12.4 Å². The number of rotatable bonds is 4. The van der Waals surface area contributed by atoms with E-state index in [2.05, 4.69) is 15.3 Å². The zero-order valence-electron chi connectivity index (χ0n) is 12.2. The van der Waals surface area contributed by atoms with Gasteiger partial charge in [-0.15, -0.1) is 0 Å². The Labute approximate surface area is 127 Å². The summed E-state index contributed by atoms with van der Waals surface area (Å²) in [5, 5.41) is 11.7. The van der Waals surface area contributed by atoms with Gasteiger partial charge in [0.15, 0.2) is 0 Å². The van der Waals surface area contributed by atoms with Crippen LogP contribution in [0.25, 0.3) is 6.08 Å². The van der Waals surface area contributed by atoms with Crippen molar-refractivity contribution in [3.05, 3.63) is 64.9 Å². The Kier molecular flexibility index (Phi) is 4.63. The van der Waals surface area contributed by atoms with Gasteiger partial charge in [0.2, 0.25) is 0 Å². The number of carboxylic acids is 1. The standard InChI is InChI=1S/C16H15N3O3/c1-10-13(11(2)18-9-17-10)8-14(16(21)22)19-15(20)12-6-4-3-5-7-12/h3-9H,1-2H3,(H,19,20)(H,21,22)/b14-8+. The Morgan fingerprint density at radius 3 is 2.23 bits per heavy atom. The summed E-state index contributed by atoms with van der Waals surface area (Å²) in [6.45, 7) is 3.50. The lowest BCUT2D eigenvalue weighted by molar-refractivity contribution is -0.132. The molecule has 0 saturated heterocycles. The molecule has 0 bridgehead atoms. The molecule has 112 valence electrons. The molecule has 1 aromatic heterocycles. The van der Waals surface area contributed by atoms with Crippen LogP contribution >= 0.6 is 0 Å². The van der Waals surface area contributed by atoms with Crippen molar-refractivity contribution in [2.24, 2.45) is 0 Å². The van der Waals surface area contributed by atoms with Crippen molar-refractivity contribution in [3.8, 4) is 0 Å². The van der Waals surface area contributed by atoms with E-state index < -0.39 is 11.9 Å². The van der Waals surface area contributed by atoms with E-state index in [1.807, 2.05) is 0 Å². The first-order valence-electron chi connectivity index (χ1n) is 6.58. The van der Waals surface area contributed by atoms with Crippen LogP contribution in [0, 0.1) is 13.8 Å². The third kappa shape index (κ3) is 3.54. The minimum atomic E-state index is -1.23. The van der Waals surface area contributed by atoms with Gasteiger partial charge < -0.3 is 10.4 Å². The lowest BCUT2D eigenvalue weighted by Gasteiger charge is -2.08. The number of carbonyl (C=O) groups excluding carboxylic acids is 1. The van der Waals surface area contributed by atoms with Crippen LogP contribution in [0.1, 0.15) is 27.3 Å². The fourth-order valence-electron chi connectivity index (χ4n) is 1.89. The third-order valence-corrected chi connectivity index (χ3v) is 3.09. The maximum Gasteiger partial charge on any atom is 0.352 e. The molecule has 0 unspecified atom stereocenters. The van der Waals surface area contributed by atoms with Gasteiger partial charge in [0, 0.05) is 22.5 Å². The van der Waals surface area contributed by atoms with Crippen LogP contribution in [-0.4, -0.2) is 27.0 Å². The molecule has 6 nitrogen and oxygen atoms in total. The second-order valence-corrected chi connectivity index (χ2v) is 4.64. The Morgan fingerprint density at radius 1 is 1.09 bits per heavy atom. The number of aromatic nitrogens is 2. The lowest BCUT2D eigenvalue weighted by atomic mass is 10.1. The number of nitrogens with zero attached hydrogens (tertiary/aromatic N) is 2. The van der Waals surface area contributed by atoms with Crippen molar-refractivity contribution in [2.75, 3.05) is 0 Å². The van der Waals surface area contributed by atoms with Crippen molar-refractivity contribution in [3.63, 3.8) is 0 Å². The number of amides is 1. The largest absolute Gasteiger partial charge is 0.477 e. The van der Waals surface area contributed by atoms with E-state index in [0.717, 1.165) is 0 Å². The molecule has 0 aliphatic rings. The van der Waals surface area contributed by atoms with Crippen molar-refractivity contribution in [2.45, 2.75) is 13.8 Å². The van der Waals surface area contributed by atoms with Gasteiger partial charge in [-0.3, -0.25) is 4.79 Å². The highest BCUT2D eigenvalue weighted by Gasteiger charge is 2.14. The van der Waals surface area contributed by atoms with E-state index >= 15 is 0 Å². The van der Waals surface area contributed by atoms with Crippen molar-refractivity contribution >= 4 is 18.0 Å². The molecule has 1 amide bonds. The average molecular weight is 297 g/mol. The zero-order chi connectivity index (χ0) is 16.1. The quantitative estimate of drug-likeness (QED) is 0.841. The molecule has 0 radical (unpaired) electrons. The lowest BCUT2D eigenvalue weighted by Crippen LogP contribution is -2.27. The fourth-order valence-corrected chi connectivity index (χ4v) is 1.89. The number of nitrogens with one attached hydrogen (secondary N) is 1. The first-order valence-corrected chi connectivity index (χ1v) is 6.58. The Balaban J connectivity index is 2.33. The van der Waals surface area contributed by atoms with E-state index in [4.69, 9.17) is 0 Å². The maximum absolute atomic E-state index is 12.1. The molecule has 1 heterocycles. The fraction of sp³-hybridized carbons (Fsp3) is 0.125. The van der Waals surface area contributed by atoms with Crippen LogP contribution in [0.3, 0.4) is 0 Å². The molecule has 0 aliphatic carbocycles. The molecule has 0 atom stereocenters. The SMILES string of the molecule is Cc1ncnc(C)c1/C=C(/NC(=O)c1ccccc1)C(=O)O. The van der Waals surface area contributed by atoms with Crippen molar-refractivity contribution in [1.29, 1.82) is 0 Å². The van der Waals surface area contributed by atoms with Gasteiger partial charge in [-0.2, -0.15) is 0 Å². The number of carbonyl (C=O) groups is 2. The summed E-state index contributed by atoms with van der Waals surface area (Å²) in [4.78, 5) is 31.5. The summed E-state index contributed by atoms with van der Waals surface area (Å²) in [6.07, 6.45) is 2.78. The number of aryl methyl sites for hydroxylation is 2. The van der Waals surface area contributed by atoms with Gasteiger partial charge in [0.05, 0.1) is 0 Å². The van der Waals surface area contributed by atoms with E-state index in [0.29, 0.717) is 22.5 Å². The summed E-state index contributed by atoms with van der Waals surface area (Å²) < 4.78 is 0. The molecule has 2 rings (SSSR count). The van der Waals surface area contributed by atoms with Crippen LogP contribution in [0.15, 0.2) is 42.4 Å². The Bertz CT molecular complexity index is 719. The van der Waals surface area contributed by atoms with Crippen LogP contribution in [0.2, 0.25) is 0 Å². The number of carboxylic acid groups (broad SMARTS) is 1. The molecule has 0 fully saturated rings. The molecule has 2 N–H and O–H groups in total. The minimum absolute atomic E-state index is 0.227. The van der Waals surface area contributed by atoms with Gasteiger partial charge in [-0.05, 0) is 32.1 Å². The Morgan fingerprint density at radius 2 is 1.68 bits per heavy atom. The minimum Gasteiger partial charge on any atom is -0.477 e. The molecule has 1 aromatic carbocycles. The highest BCUT2D eigenvalue weighted by molar-refractivity contribution is 6.02. The highest BCUT2D eigenvalue weighted by Crippen LogP contribution is 2.13. The average Bonchev–Trinajstić information content (AvgIpc) is 2.50. The maximum atomic E-state index is 12.1. The summed E-state index contributed by atoms with van der Waals surface area (Å²) in [5.41, 5.74) is 2.01. The molecule has 0 aliphatic heterocycles. The van der Waals surface area contributed by atoms with Gasteiger partial charge in [0.25, 0.3) is 5.91 Å². The van der Waals surface area contributed by atoms with Crippen LogP contribution in [-0.2, 0) is 4.79 Å². The molecule has 0 saturated carbocycles. The number of benzene rings is 1. The third-order valence-electron chi connectivity index (χ3n) is 3.09. The second-order valence-electron chi connectivity index (χ2n) is 4.64. The normalized spacial score (nSPS) is 11.1. The van der Waals surface area contributed by atoms with E-state index in [-0.39, 0.29) is 5.70 Å². The van der Waals surface area contributed by atoms with Gasteiger partial charge in [-0.25, -0.2) is 14.8 Å². The molecular formula is C16H15N3O3. The van der Waals surface area contributed by atoms with Crippen molar-refractivity contribution in [1.82, 2.24) is 15.3 Å². The van der Waals surface area contributed by atoms with Crippen molar-refractivity contribution < 1.29 is 14.7 Å². The Hall–Kier alpha value is -3.02.